The normalized spacial score (nSPS) is 29.0. The summed E-state index contributed by atoms with van der Waals surface area (Å²) in [5.41, 5.74) is 6.16. The Labute approximate surface area is 151 Å². The van der Waals surface area contributed by atoms with Gasteiger partial charge in [-0.3, -0.25) is 0 Å². The molecule has 3 unspecified atom stereocenters. The van der Waals surface area contributed by atoms with Gasteiger partial charge in [-0.2, -0.15) is 4.31 Å². The monoisotopic (exact) mass is 428 g/mol. The molecule has 2 fully saturated rings. The lowest BCUT2D eigenvalue weighted by Crippen LogP contribution is -2.38. The Balaban J connectivity index is 0.00000176. The maximum Gasteiger partial charge on any atom is 0.244 e. The van der Waals surface area contributed by atoms with Gasteiger partial charge in [-0.15, -0.1) is 12.4 Å². The molecule has 2 N–H and O–H groups in total. The number of hydrogen-bond donors (Lipinski definition) is 1. The van der Waals surface area contributed by atoms with E-state index in [4.69, 9.17) is 17.3 Å². The van der Waals surface area contributed by atoms with E-state index in [9.17, 15) is 8.42 Å². The number of benzene rings is 1. The molecule has 1 aliphatic heterocycles. The molecule has 0 amide bonds. The molecular weight excluding hydrogens is 411 g/mol. The minimum absolute atomic E-state index is 0. The summed E-state index contributed by atoms with van der Waals surface area (Å²) in [7, 11) is -3.54. The SMILES string of the molecule is Cl.NC1CCCC2CN(S(=O)(=O)c3ccc(Br)cc3Cl)CC12. The molecular formula is C14H19BrCl2N2O2S. The van der Waals surface area contributed by atoms with Gasteiger partial charge in [-0.05, 0) is 42.9 Å². The van der Waals surface area contributed by atoms with Crippen molar-refractivity contribution in [2.24, 2.45) is 17.6 Å². The van der Waals surface area contributed by atoms with E-state index in [0.717, 1.165) is 23.7 Å². The molecule has 1 aliphatic carbocycles. The lowest BCUT2D eigenvalue weighted by Gasteiger charge is -2.29. The lowest BCUT2D eigenvalue weighted by molar-refractivity contribution is 0.260. The largest absolute Gasteiger partial charge is 0.327 e. The Kier molecular flexibility index (Phi) is 5.84. The highest BCUT2D eigenvalue weighted by atomic mass is 79.9. The molecule has 2 aliphatic rings. The molecule has 1 saturated heterocycles. The van der Waals surface area contributed by atoms with Crippen molar-refractivity contribution in [1.82, 2.24) is 4.31 Å². The topological polar surface area (TPSA) is 63.4 Å². The maximum atomic E-state index is 12.8. The third-order valence-electron chi connectivity index (χ3n) is 4.63. The van der Waals surface area contributed by atoms with Crippen LogP contribution in [-0.4, -0.2) is 31.9 Å². The van der Waals surface area contributed by atoms with E-state index in [1.54, 1.807) is 22.5 Å². The summed E-state index contributed by atoms with van der Waals surface area (Å²) in [5.74, 6) is 0.667. The van der Waals surface area contributed by atoms with Crippen LogP contribution in [-0.2, 0) is 10.0 Å². The summed E-state index contributed by atoms with van der Waals surface area (Å²) in [6, 6.07) is 4.99. The second kappa shape index (κ2) is 6.95. The van der Waals surface area contributed by atoms with Crippen molar-refractivity contribution in [3.05, 3.63) is 27.7 Å². The van der Waals surface area contributed by atoms with E-state index < -0.39 is 10.0 Å². The van der Waals surface area contributed by atoms with E-state index in [1.165, 1.54) is 0 Å². The molecule has 1 heterocycles. The van der Waals surface area contributed by atoms with E-state index in [0.29, 0.717) is 19.0 Å². The van der Waals surface area contributed by atoms with Crippen molar-refractivity contribution in [3.63, 3.8) is 0 Å². The van der Waals surface area contributed by atoms with Crippen molar-refractivity contribution < 1.29 is 8.42 Å². The van der Waals surface area contributed by atoms with Crippen LogP contribution in [0.5, 0.6) is 0 Å². The highest BCUT2D eigenvalue weighted by Gasteiger charge is 2.43. The van der Waals surface area contributed by atoms with Gasteiger partial charge in [-0.1, -0.05) is 34.0 Å². The summed E-state index contributed by atoms with van der Waals surface area (Å²) >= 11 is 9.41. The van der Waals surface area contributed by atoms with Crippen LogP contribution in [0.2, 0.25) is 5.02 Å². The first-order valence-electron chi connectivity index (χ1n) is 7.10. The number of hydrogen-bond acceptors (Lipinski definition) is 3. The molecule has 0 bridgehead atoms. The Bertz CT molecular complexity index is 656. The number of fused-ring (bicyclic) bond motifs is 1. The first-order chi connectivity index (χ1) is 9.89. The minimum Gasteiger partial charge on any atom is -0.327 e. The summed E-state index contributed by atoms with van der Waals surface area (Å²) in [5, 5.41) is 0.253. The quantitative estimate of drug-likeness (QED) is 0.784. The molecule has 4 nitrogen and oxygen atoms in total. The average molecular weight is 430 g/mol. The van der Waals surface area contributed by atoms with Crippen LogP contribution in [0, 0.1) is 11.8 Å². The second-order valence-corrected chi connectivity index (χ2v) is 9.14. The van der Waals surface area contributed by atoms with Crippen LogP contribution in [0.15, 0.2) is 27.6 Å². The summed E-state index contributed by atoms with van der Waals surface area (Å²) in [4.78, 5) is 0.180. The van der Waals surface area contributed by atoms with E-state index in [-0.39, 0.29) is 34.3 Å². The third-order valence-corrected chi connectivity index (χ3v) is 7.44. The van der Waals surface area contributed by atoms with E-state index in [1.807, 2.05) is 0 Å². The number of rotatable bonds is 2. The number of sulfonamides is 1. The molecule has 22 heavy (non-hydrogen) atoms. The van der Waals surface area contributed by atoms with Crippen LogP contribution in [0.3, 0.4) is 0 Å². The molecule has 3 atom stereocenters. The van der Waals surface area contributed by atoms with Crippen molar-refractivity contribution in [2.45, 2.75) is 30.2 Å². The predicted molar refractivity (Wildman–Crippen MR) is 94.0 cm³/mol. The summed E-state index contributed by atoms with van der Waals surface area (Å²) in [6.07, 6.45) is 3.15. The smallest absolute Gasteiger partial charge is 0.244 e. The van der Waals surface area contributed by atoms with Crippen LogP contribution < -0.4 is 5.73 Å². The van der Waals surface area contributed by atoms with Gasteiger partial charge in [0.15, 0.2) is 0 Å². The van der Waals surface area contributed by atoms with Crippen LogP contribution in [0.25, 0.3) is 0 Å². The molecule has 1 saturated carbocycles. The summed E-state index contributed by atoms with van der Waals surface area (Å²) < 4.78 is 27.9. The fraction of sp³-hybridized carbons (Fsp3) is 0.571. The Morgan fingerprint density at radius 3 is 2.64 bits per heavy atom. The molecule has 0 aromatic heterocycles. The molecule has 1 aromatic rings. The minimum atomic E-state index is -3.54. The zero-order valence-electron chi connectivity index (χ0n) is 11.9. The number of nitrogens with zero attached hydrogens (tertiary/aromatic N) is 1. The molecule has 0 spiro atoms. The van der Waals surface area contributed by atoms with Gasteiger partial charge >= 0.3 is 0 Å². The van der Waals surface area contributed by atoms with E-state index >= 15 is 0 Å². The highest BCUT2D eigenvalue weighted by Crippen LogP contribution is 2.39. The lowest BCUT2D eigenvalue weighted by atomic mass is 9.78. The Morgan fingerprint density at radius 2 is 2.00 bits per heavy atom. The maximum absolute atomic E-state index is 12.8. The van der Waals surface area contributed by atoms with Crippen molar-refractivity contribution in [2.75, 3.05) is 13.1 Å². The van der Waals surface area contributed by atoms with Crippen LogP contribution in [0.4, 0.5) is 0 Å². The average Bonchev–Trinajstić information content (AvgIpc) is 2.84. The van der Waals surface area contributed by atoms with Crippen molar-refractivity contribution in [1.29, 1.82) is 0 Å². The molecule has 3 rings (SSSR count). The van der Waals surface area contributed by atoms with Gasteiger partial charge in [0.25, 0.3) is 0 Å². The Morgan fingerprint density at radius 1 is 1.27 bits per heavy atom. The van der Waals surface area contributed by atoms with Gasteiger partial charge in [0.1, 0.15) is 4.90 Å². The molecule has 1 aromatic carbocycles. The van der Waals surface area contributed by atoms with Crippen molar-refractivity contribution >= 4 is 50.0 Å². The van der Waals surface area contributed by atoms with Gasteiger partial charge in [-0.25, -0.2) is 8.42 Å². The van der Waals surface area contributed by atoms with Gasteiger partial charge in [0.05, 0.1) is 5.02 Å². The van der Waals surface area contributed by atoms with Gasteiger partial charge in [0.2, 0.25) is 10.0 Å². The Hall–Kier alpha value is 0.150. The highest BCUT2D eigenvalue weighted by molar-refractivity contribution is 9.10. The fourth-order valence-electron chi connectivity index (χ4n) is 3.50. The van der Waals surface area contributed by atoms with E-state index in [2.05, 4.69) is 15.9 Å². The van der Waals surface area contributed by atoms with Crippen LogP contribution in [0.1, 0.15) is 19.3 Å². The first kappa shape index (κ1) is 18.5. The van der Waals surface area contributed by atoms with Gasteiger partial charge in [0, 0.05) is 23.6 Å². The van der Waals surface area contributed by atoms with Crippen LogP contribution >= 0.6 is 39.9 Å². The number of nitrogens with two attached hydrogens (primary N) is 1. The summed E-state index contributed by atoms with van der Waals surface area (Å²) in [6.45, 7) is 1.08. The molecule has 0 radical (unpaired) electrons. The zero-order chi connectivity index (χ0) is 15.2. The third kappa shape index (κ3) is 3.32. The molecule has 124 valence electrons. The standard InChI is InChI=1S/C14H18BrClN2O2S.ClH/c15-10-4-5-14(12(16)6-10)21(19,20)18-7-9-2-1-3-13(17)11(9)8-18;/h4-6,9,11,13H,1-3,7-8,17H2;1H. The zero-order valence-corrected chi connectivity index (χ0v) is 15.9. The predicted octanol–water partition coefficient (Wildman–Crippen LogP) is 3.27. The fourth-order valence-corrected chi connectivity index (χ4v) is 6.04. The number of halogens is 3. The first-order valence-corrected chi connectivity index (χ1v) is 9.71. The van der Waals surface area contributed by atoms with Gasteiger partial charge < -0.3 is 5.73 Å². The molecule has 8 heteroatoms. The second-order valence-electron chi connectivity index (χ2n) is 5.92. The van der Waals surface area contributed by atoms with Crippen molar-refractivity contribution in [3.8, 4) is 0 Å².